The average Bonchev–Trinajstić information content (AvgIpc) is 3.13. The SMILES string of the molecule is CN=C1NC(Oc2cccc(Cl)c2)N(Cc2ccc(Cl)c(C)c2)C1C(=O)NCCOCCO. The van der Waals surface area contributed by atoms with Gasteiger partial charge in [0, 0.05) is 30.2 Å². The first-order valence-electron chi connectivity index (χ1n) is 10.6. The second-order valence-corrected chi connectivity index (χ2v) is 8.31. The highest BCUT2D eigenvalue weighted by Crippen LogP contribution is 2.25. The third kappa shape index (κ3) is 6.82. The predicted molar refractivity (Wildman–Crippen MR) is 129 cm³/mol. The summed E-state index contributed by atoms with van der Waals surface area (Å²) in [6.07, 6.45) is -0.653. The van der Waals surface area contributed by atoms with Crippen LogP contribution in [-0.4, -0.2) is 67.6 Å². The van der Waals surface area contributed by atoms with Crippen molar-refractivity contribution in [3.63, 3.8) is 0 Å². The van der Waals surface area contributed by atoms with Gasteiger partial charge in [-0.1, -0.05) is 41.4 Å². The number of aliphatic imine (C=N–C) groups is 1. The molecular formula is C23H28Cl2N4O4. The molecule has 8 nitrogen and oxygen atoms in total. The van der Waals surface area contributed by atoms with Crippen LogP contribution in [-0.2, 0) is 16.1 Å². The molecule has 1 aliphatic heterocycles. The average molecular weight is 495 g/mol. The van der Waals surface area contributed by atoms with Crippen LogP contribution < -0.4 is 15.4 Å². The molecule has 1 heterocycles. The molecule has 2 aromatic rings. The van der Waals surface area contributed by atoms with Crippen molar-refractivity contribution in [2.24, 2.45) is 4.99 Å². The highest BCUT2D eigenvalue weighted by Gasteiger charge is 2.43. The van der Waals surface area contributed by atoms with Gasteiger partial charge in [0.15, 0.2) is 6.04 Å². The Bertz CT molecular complexity index is 989. The minimum atomic E-state index is -0.701. The van der Waals surface area contributed by atoms with Gasteiger partial charge in [0.2, 0.25) is 12.3 Å². The zero-order valence-electron chi connectivity index (χ0n) is 18.6. The third-order valence-electron chi connectivity index (χ3n) is 5.07. The lowest BCUT2D eigenvalue weighted by Crippen LogP contribution is -2.49. The Kier molecular flexibility index (Phi) is 9.34. The van der Waals surface area contributed by atoms with E-state index in [2.05, 4.69) is 15.6 Å². The molecule has 1 fully saturated rings. The first-order valence-corrected chi connectivity index (χ1v) is 11.3. The molecule has 0 radical (unpaired) electrons. The van der Waals surface area contributed by atoms with Crippen molar-refractivity contribution in [1.29, 1.82) is 0 Å². The van der Waals surface area contributed by atoms with Crippen LogP contribution in [0.4, 0.5) is 0 Å². The van der Waals surface area contributed by atoms with E-state index in [4.69, 9.17) is 37.8 Å². The van der Waals surface area contributed by atoms with E-state index in [0.717, 1.165) is 11.1 Å². The van der Waals surface area contributed by atoms with E-state index in [0.29, 0.717) is 41.3 Å². The number of hydrogen-bond donors (Lipinski definition) is 3. The van der Waals surface area contributed by atoms with E-state index in [1.807, 2.05) is 30.0 Å². The standard InChI is InChI=1S/C23H28Cl2N4O4/c1-15-12-16(6-7-19(15)25)14-29-20(22(31)27-8-10-32-11-9-30)21(26-2)28-23(29)33-18-5-3-4-17(24)13-18/h3-7,12-13,20,23,30H,8-11,14H2,1-2H3,(H,26,28)(H,27,31). The fourth-order valence-corrected chi connectivity index (χ4v) is 3.81. The van der Waals surface area contributed by atoms with Gasteiger partial charge in [-0.3, -0.25) is 9.79 Å². The van der Waals surface area contributed by atoms with Gasteiger partial charge in [-0.15, -0.1) is 0 Å². The summed E-state index contributed by atoms with van der Waals surface area (Å²) < 4.78 is 11.4. The summed E-state index contributed by atoms with van der Waals surface area (Å²) in [7, 11) is 1.62. The van der Waals surface area contributed by atoms with Crippen LogP contribution in [0.3, 0.4) is 0 Å². The number of amidine groups is 1. The highest BCUT2D eigenvalue weighted by molar-refractivity contribution is 6.31. The van der Waals surface area contributed by atoms with E-state index in [-0.39, 0.29) is 19.1 Å². The summed E-state index contributed by atoms with van der Waals surface area (Å²) in [6, 6.07) is 12.1. The number of amides is 1. The second-order valence-electron chi connectivity index (χ2n) is 7.47. The van der Waals surface area contributed by atoms with E-state index in [1.54, 1.807) is 31.3 Å². The number of hydrogen-bond acceptors (Lipinski definition) is 6. The minimum absolute atomic E-state index is 0.0655. The van der Waals surface area contributed by atoms with Gasteiger partial charge in [0.1, 0.15) is 11.6 Å². The summed E-state index contributed by atoms with van der Waals surface area (Å²) in [5.41, 5.74) is 1.92. The number of carbonyl (C=O) groups is 1. The number of aliphatic hydroxyl groups is 1. The van der Waals surface area contributed by atoms with Gasteiger partial charge >= 0.3 is 0 Å². The van der Waals surface area contributed by atoms with Crippen molar-refractivity contribution in [1.82, 2.24) is 15.5 Å². The zero-order valence-corrected chi connectivity index (χ0v) is 20.1. The number of nitrogens with one attached hydrogen (secondary N) is 2. The van der Waals surface area contributed by atoms with Gasteiger partial charge < -0.3 is 25.2 Å². The smallest absolute Gasteiger partial charge is 0.245 e. The third-order valence-corrected chi connectivity index (χ3v) is 5.72. The van der Waals surface area contributed by atoms with Gasteiger partial charge in [-0.25, -0.2) is 4.90 Å². The highest BCUT2D eigenvalue weighted by atomic mass is 35.5. The normalized spacial score (nSPS) is 19.5. The minimum Gasteiger partial charge on any atom is -0.457 e. The van der Waals surface area contributed by atoms with Crippen molar-refractivity contribution in [2.75, 3.05) is 33.4 Å². The first kappa shape index (κ1) is 25.3. The summed E-state index contributed by atoms with van der Waals surface area (Å²) >= 11 is 12.3. The maximum atomic E-state index is 13.1. The zero-order chi connectivity index (χ0) is 23.8. The van der Waals surface area contributed by atoms with E-state index in [1.165, 1.54) is 0 Å². The quantitative estimate of drug-likeness (QED) is 0.439. The summed E-state index contributed by atoms with van der Waals surface area (Å²) in [5, 5.41) is 16.1. The van der Waals surface area contributed by atoms with Crippen LogP contribution >= 0.6 is 23.2 Å². The Morgan fingerprint density at radius 3 is 2.76 bits per heavy atom. The molecule has 0 saturated carbocycles. The predicted octanol–water partition coefficient (Wildman–Crippen LogP) is 2.59. The topological polar surface area (TPSA) is 95.4 Å². The first-order chi connectivity index (χ1) is 15.9. The lowest BCUT2D eigenvalue weighted by Gasteiger charge is -2.28. The van der Waals surface area contributed by atoms with Crippen LogP contribution in [0.1, 0.15) is 11.1 Å². The van der Waals surface area contributed by atoms with E-state index < -0.39 is 12.4 Å². The largest absolute Gasteiger partial charge is 0.457 e. The number of ether oxygens (including phenoxy) is 2. The summed E-state index contributed by atoms with van der Waals surface area (Å²) in [5.74, 6) is 0.811. The number of carbonyl (C=O) groups excluding carboxylic acids is 1. The number of benzene rings is 2. The van der Waals surface area contributed by atoms with Gasteiger partial charge in [-0.2, -0.15) is 0 Å². The van der Waals surface area contributed by atoms with E-state index >= 15 is 0 Å². The van der Waals surface area contributed by atoms with Crippen LogP contribution in [0.5, 0.6) is 5.75 Å². The van der Waals surface area contributed by atoms with Crippen LogP contribution in [0.2, 0.25) is 10.0 Å². The van der Waals surface area contributed by atoms with Crippen LogP contribution in [0.25, 0.3) is 0 Å². The molecule has 0 spiro atoms. The molecule has 33 heavy (non-hydrogen) atoms. The molecule has 2 atom stereocenters. The van der Waals surface area contributed by atoms with Crippen molar-refractivity contribution in [3.8, 4) is 5.75 Å². The Morgan fingerprint density at radius 2 is 2.06 bits per heavy atom. The molecule has 2 aromatic carbocycles. The van der Waals surface area contributed by atoms with Crippen molar-refractivity contribution >= 4 is 34.9 Å². The lowest BCUT2D eigenvalue weighted by atomic mass is 10.1. The number of aliphatic hydroxyl groups excluding tert-OH is 1. The number of aryl methyl sites for hydroxylation is 1. The molecule has 1 saturated heterocycles. The summed E-state index contributed by atoms with van der Waals surface area (Å²) in [6.45, 7) is 3.10. The molecule has 10 heteroatoms. The maximum Gasteiger partial charge on any atom is 0.245 e. The van der Waals surface area contributed by atoms with Crippen LogP contribution in [0.15, 0.2) is 47.5 Å². The van der Waals surface area contributed by atoms with Crippen molar-refractivity contribution < 1.29 is 19.4 Å². The molecule has 0 aliphatic carbocycles. The molecule has 178 valence electrons. The monoisotopic (exact) mass is 494 g/mol. The molecule has 3 rings (SSSR count). The van der Waals surface area contributed by atoms with E-state index in [9.17, 15) is 4.79 Å². The maximum absolute atomic E-state index is 13.1. The van der Waals surface area contributed by atoms with Gasteiger partial charge in [0.25, 0.3) is 0 Å². The van der Waals surface area contributed by atoms with Crippen LogP contribution in [0, 0.1) is 6.92 Å². The number of nitrogens with zero attached hydrogens (tertiary/aromatic N) is 2. The van der Waals surface area contributed by atoms with Crippen molar-refractivity contribution in [2.45, 2.75) is 25.9 Å². The molecule has 0 aromatic heterocycles. The Hall–Kier alpha value is -2.36. The Balaban J connectivity index is 1.83. The fraction of sp³-hybridized carbons (Fsp3) is 0.391. The molecule has 2 unspecified atom stereocenters. The molecule has 0 bridgehead atoms. The fourth-order valence-electron chi connectivity index (χ4n) is 3.51. The summed E-state index contributed by atoms with van der Waals surface area (Å²) in [4.78, 5) is 19.3. The lowest BCUT2D eigenvalue weighted by molar-refractivity contribution is -0.126. The second kappa shape index (κ2) is 12.2. The molecular weight excluding hydrogens is 467 g/mol. The number of halogens is 2. The van der Waals surface area contributed by atoms with Crippen molar-refractivity contribution in [3.05, 3.63) is 63.6 Å². The van der Waals surface area contributed by atoms with Gasteiger partial charge in [-0.05, 0) is 42.3 Å². The molecule has 1 aliphatic rings. The molecule has 1 amide bonds. The number of rotatable bonds is 10. The molecule has 3 N–H and O–H groups in total. The Morgan fingerprint density at radius 1 is 1.24 bits per heavy atom. The Labute approximate surface area is 203 Å². The van der Waals surface area contributed by atoms with Gasteiger partial charge in [0.05, 0.1) is 19.8 Å².